The fourth-order valence-electron chi connectivity index (χ4n) is 3.64. The zero-order valence-corrected chi connectivity index (χ0v) is 13.5. The van der Waals surface area contributed by atoms with Gasteiger partial charge in [-0.1, -0.05) is 45.0 Å². The van der Waals surface area contributed by atoms with Crippen molar-refractivity contribution in [3.63, 3.8) is 0 Å². The molecule has 0 saturated carbocycles. The van der Waals surface area contributed by atoms with Gasteiger partial charge in [0.05, 0.1) is 5.69 Å². The molecule has 2 heterocycles. The number of pyridine rings is 1. The molecule has 1 aliphatic rings. The molecule has 0 bridgehead atoms. The van der Waals surface area contributed by atoms with E-state index in [0.29, 0.717) is 5.92 Å². The molecule has 1 atom stereocenters. The lowest BCUT2D eigenvalue weighted by molar-refractivity contribution is 0.240. The molecule has 0 spiro atoms. The van der Waals surface area contributed by atoms with Crippen LogP contribution < -0.4 is 0 Å². The smallest absolute Gasteiger partial charge is 0.0507 e. The largest absolute Gasteiger partial charge is 0.296 e. The van der Waals surface area contributed by atoms with Gasteiger partial charge in [-0.25, -0.2) is 0 Å². The van der Waals surface area contributed by atoms with Crippen molar-refractivity contribution in [2.45, 2.75) is 58.5 Å². The molecule has 1 aromatic heterocycles. The molecule has 21 heavy (non-hydrogen) atoms. The summed E-state index contributed by atoms with van der Waals surface area (Å²) in [6.07, 6.45) is 6.07. The van der Waals surface area contributed by atoms with Crippen molar-refractivity contribution in [2.24, 2.45) is 0 Å². The highest BCUT2D eigenvalue weighted by molar-refractivity contribution is 5.87. The summed E-state index contributed by atoms with van der Waals surface area (Å²) in [5, 5.41) is 2.72. The van der Waals surface area contributed by atoms with Gasteiger partial charge in [-0.05, 0) is 42.7 Å². The zero-order chi connectivity index (χ0) is 14.8. The fraction of sp³-hybridized carbons (Fsp3) is 0.526. The number of hydrogen-bond acceptors (Lipinski definition) is 2. The molecule has 1 aliphatic heterocycles. The minimum atomic E-state index is 0.471. The minimum absolute atomic E-state index is 0.471. The number of nitrogens with zero attached hydrogens (tertiary/aromatic N) is 2. The van der Waals surface area contributed by atoms with Gasteiger partial charge in [0.15, 0.2) is 0 Å². The van der Waals surface area contributed by atoms with Crippen LogP contribution in [0.4, 0.5) is 0 Å². The van der Waals surface area contributed by atoms with Gasteiger partial charge in [-0.3, -0.25) is 9.88 Å². The lowest BCUT2D eigenvalue weighted by Gasteiger charge is -2.24. The highest BCUT2D eigenvalue weighted by Crippen LogP contribution is 2.29. The molecule has 1 unspecified atom stereocenters. The van der Waals surface area contributed by atoms with E-state index in [9.17, 15) is 0 Å². The van der Waals surface area contributed by atoms with E-state index in [1.54, 1.807) is 0 Å². The lowest BCUT2D eigenvalue weighted by Crippen LogP contribution is -2.28. The number of benzene rings is 1. The molecule has 2 aromatic rings. The minimum Gasteiger partial charge on any atom is -0.296 e. The molecule has 1 saturated heterocycles. The van der Waals surface area contributed by atoms with Crippen LogP contribution in [0.25, 0.3) is 10.8 Å². The van der Waals surface area contributed by atoms with Crippen molar-refractivity contribution in [3.05, 3.63) is 41.7 Å². The summed E-state index contributed by atoms with van der Waals surface area (Å²) >= 11 is 0. The van der Waals surface area contributed by atoms with E-state index in [4.69, 9.17) is 4.98 Å². The maximum atomic E-state index is 4.77. The summed E-state index contributed by atoms with van der Waals surface area (Å²) < 4.78 is 0. The molecule has 112 valence electrons. The number of likely N-dealkylation sites (tertiary alicyclic amines) is 1. The molecule has 3 rings (SSSR count). The Balaban J connectivity index is 1.98. The first kappa shape index (κ1) is 14.5. The van der Waals surface area contributed by atoms with Crippen LogP contribution in [0.2, 0.25) is 0 Å². The van der Waals surface area contributed by atoms with Crippen LogP contribution in [0, 0.1) is 0 Å². The van der Waals surface area contributed by atoms with E-state index < -0.39 is 0 Å². The number of fused-ring (bicyclic) bond motifs is 1. The molecule has 1 aromatic carbocycles. The average molecular weight is 282 g/mol. The Morgan fingerprint density at radius 1 is 1.24 bits per heavy atom. The maximum absolute atomic E-state index is 4.77. The molecule has 0 N–H and O–H groups in total. The second kappa shape index (κ2) is 6.15. The Kier molecular flexibility index (Phi) is 4.25. The highest BCUT2D eigenvalue weighted by atomic mass is 15.2. The van der Waals surface area contributed by atoms with Gasteiger partial charge in [0.1, 0.15) is 0 Å². The summed E-state index contributed by atoms with van der Waals surface area (Å²) in [5.74, 6) is 0.471. The monoisotopic (exact) mass is 282 g/mol. The standard InChI is InChI=1S/C19H26N2/c1-4-16-8-7-11-21(16)13-15-12-20-19(14(2)3)18-10-6-5-9-17(15)18/h5-6,9-10,12,14,16H,4,7-8,11,13H2,1-3H3. The van der Waals surface area contributed by atoms with Gasteiger partial charge in [-0.15, -0.1) is 0 Å². The Morgan fingerprint density at radius 3 is 2.71 bits per heavy atom. The Labute approximate surface area is 128 Å². The van der Waals surface area contributed by atoms with Gasteiger partial charge in [0, 0.05) is 24.2 Å². The third-order valence-electron chi connectivity index (χ3n) is 4.80. The van der Waals surface area contributed by atoms with E-state index in [0.717, 1.165) is 12.6 Å². The predicted octanol–water partition coefficient (Wildman–Crippen LogP) is 4.73. The van der Waals surface area contributed by atoms with Crippen LogP contribution in [-0.4, -0.2) is 22.5 Å². The molecule has 2 heteroatoms. The van der Waals surface area contributed by atoms with Crippen LogP contribution in [0.5, 0.6) is 0 Å². The van der Waals surface area contributed by atoms with Gasteiger partial charge < -0.3 is 0 Å². The first-order valence-electron chi connectivity index (χ1n) is 8.31. The molecule has 2 nitrogen and oxygen atoms in total. The first-order chi connectivity index (χ1) is 10.2. The number of aromatic nitrogens is 1. The van der Waals surface area contributed by atoms with E-state index in [1.807, 2.05) is 0 Å². The second-order valence-corrected chi connectivity index (χ2v) is 6.54. The first-order valence-corrected chi connectivity index (χ1v) is 8.31. The fourth-order valence-corrected chi connectivity index (χ4v) is 3.64. The van der Waals surface area contributed by atoms with Crippen LogP contribution >= 0.6 is 0 Å². The van der Waals surface area contributed by atoms with Crippen molar-refractivity contribution < 1.29 is 0 Å². The zero-order valence-electron chi connectivity index (χ0n) is 13.5. The van der Waals surface area contributed by atoms with Crippen LogP contribution in [0.3, 0.4) is 0 Å². The van der Waals surface area contributed by atoms with Crippen LogP contribution in [0.15, 0.2) is 30.5 Å². The molecular formula is C19H26N2. The van der Waals surface area contributed by atoms with E-state index in [-0.39, 0.29) is 0 Å². The summed E-state index contributed by atoms with van der Waals surface area (Å²) in [6, 6.07) is 9.52. The predicted molar refractivity (Wildman–Crippen MR) is 89.6 cm³/mol. The van der Waals surface area contributed by atoms with Gasteiger partial charge in [0.25, 0.3) is 0 Å². The molecule has 1 fully saturated rings. The maximum Gasteiger partial charge on any atom is 0.0507 e. The summed E-state index contributed by atoms with van der Waals surface area (Å²) in [7, 11) is 0. The SMILES string of the molecule is CCC1CCCN1Cc1cnc(C(C)C)c2ccccc12. The molecule has 0 amide bonds. The summed E-state index contributed by atoms with van der Waals surface area (Å²) in [6.45, 7) is 9.04. The van der Waals surface area contributed by atoms with Gasteiger partial charge >= 0.3 is 0 Å². The lowest BCUT2D eigenvalue weighted by atomic mass is 9.99. The van der Waals surface area contributed by atoms with Crippen LogP contribution in [-0.2, 0) is 6.54 Å². The van der Waals surface area contributed by atoms with Gasteiger partial charge in [0.2, 0.25) is 0 Å². The van der Waals surface area contributed by atoms with Crippen molar-refractivity contribution in [1.29, 1.82) is 0 Å². The number of rotatable bonds is 4. The molecule has 0 aliphatic carbocycles. The Morgan fingerprint density at radius 2 is 2.00 bits per heavy atom. The third kappa shape index (κ3) is 2.82. The second-order valence-electron chi connectivity index (χ2n) is 6.54. The van der Waals surface area contributed by atoms with Crippen molar-refractivity contribution in [3.8, 4) is 0 Å². The van der Waals surface area contributed by atoms with E-state index in [2.05, 4.69) is 56.1 Å². The van der Waals surface area contributed by atoms with Gasteiger partial charge in [-0.2, -0.15) is 0 Å². The Bertz CT molecular complexity index is 618. The Hall–Kier alpha value is -1.41. The average Bonchev–Trinajstić information content (AvgIpc) is 2.94. The molecular weight excluding hydrogens is 256 g/mol. The van der Waals surface area contributed by atoms with E-state index in [1.165, 1.54) is 47.8 Å². The van der Waals surface area contributed by atoms with Crippen molar-refractivity contribution in [1.82, 2.24) is 9.88 Å². The van der Waals surface area contributed by atoms with E-state index >= 15 is 0 Å². The third-order valence-corrected chi connectivity index (χ3v) is 4.80. The highest BCUT2D eigenvalue weighted by Gasteiger charge is 2.23. The van der Waals surface area contributed by atoms with Crippen molar-refractivity contribution in [2.75, 3.05) is 6.54 Å². The number of hydrogen-bond donors (Lipinski definition) is 0. The quantitative estimate of drug-likeness (QED) is 0.805. The normalized spacial score (nSPS) is 19.7. The summed E-state index contributed by atoms with van der Waals surface area (Å²) in [5.41, 5.74) is 2.61. The van der Waals surface area contributed by atoms with Crippen molar-refractivity contribution >= 4 is 10.8 Å². The molecule has 0 radical (unpaired) electrons. The topological polar surface area (TPSA) is 16.1 Å². The van der Waals surface area contributed by atoms with Crippen LogP contribution in [0.1, 0.15) is 57.2 Å². The summed E-state index contributed by atoms with van der Waals surface area (Å²) in [4.78, 5) is 7.41.